The van der Waals surface area contributed by atoms with Gasteiger partial charge in [-0.1, -0.05) is 25.1 Å². The van der Waals surface area contributed by atoms with E-state index in [4.69, 9.17) is 14.2 Å². The summed E-state index contributed by atoms with van der Waals surface area (Å²) in [4.78, 5) is 11.6. The molecule has 0 N–H and O–H groups in total. The molecule has 0 saturated heterocycles. The van der Waals surface area contributed by atoms with Gasteiger partial charge in [-0.15, -0.1) is 0 Å². The summed E-state index contributed by atoms with van der Waals surface area (Å²) in [7, 11) is 1.58. The van der Waals surface area contributed by atoms with Crippen LogP contribution >= 0.6 is 11.8 Å². The van der Waals surface area contributed by atoms with Crippen molar-refractivity contribution >= 4 is 17.1 Å². The van der Waals surface area contributed by atoms with Crippen LogP contribution in [-0.4, -0.2) is 18.7 Å². The van der Waals surface area contributed by atoms with Crippen LogP contribution < -0.4 is 14.2 Å². The fourth-order valence-electron chi connectivity index (χ4n) is 2.35. The lowest BCUT2D eigenvalue weighted by atomic mass is 10.1. The van der Waals surface area contributed by atoms with Crippen LogP contribution in [0.2, 0.25) is 0 Å². The molecule has 0 aliphatic heterocycles. The van der Waals surface area contributed by atoms with Crippen molar-refractivity contribution in [2.45, 2.75) is 26.9 Å². The summed E-state index contributed by atoms with van der Waals surface area (Å²) in [6.07, 6.45) is 2.67. The Morgan fingerprint density at radius 1 is 1.12 bits per heavy atom. The van der Waals surface area contributed by atoms with E-state index in [0.29, 0.717) is 17.1 Å². The van der Waals surface area contributed by atoms with Gasteiger partial charge < -0.3 is 14.2 Å². The zero-order chi connectivity index (χ0) is 17.5. The third-order valence-electron chi connectivity index (χ3n) is 3.69. The molecule has 2 rings (SSSR count). The molecule has 0 aliphatic rings. The first kappa shape index (κ1) is 18.2. The zero-order valence-corrected chi connectivity index (χ0v) is 15.2. The molecule has 0 bridgehead atoms. The maximum Gasteiger partial charge on any atom is 0.372 e. The van der Waals surface area contributed by atoms with Gasteiger partial charge in [0.05, 0.1) is 12.7 Å². The average Bonchev–Trinajstić information content (AvgIpc) is 2.60. The fourth-order valence-corrected chi connectivity index (χ4v) is 2.52. The number of methoxy groups -OCH3 is 1. The lowest BCUT2D eigenvalue weighted by Crippen LogP contribution is -2.06. The van der Waals surface area contributed by atoms with Gasteiger partial charge in [-0.25, -0.2) is 4.79 Å². The Labute approximate surface area is 147 Å². The molecule has 0 spiro atoms. The smallest absolute Gasteiger partial charge is 0.372 e. The predicted molar refractivity (Wildman–Crippen MR) is 97.4 cm³/mol. The van der Waals surface area contributed by atoms with E-state index in [1.54, 1.807) is 25.5 Å². The van der Waals surface area contributed by atoms with Crippen LogP contribution in [0.1, 0.15) is 23.6 Å². The third-order valence-corrected chi connectivity index (χ3v) is 4.11. The lowest BCUT2D eigenvalue weighted by molar-refractivity contribution is 0.224. The highest BCUT2D eigenvalue weighted by Gasteiger charge is 2.14. The van der Waals surface area contributed by atoms with E-state index >= 15 is 0 Å². The molecule has 0 amide bonds. The van der Waals surface area contributed by atoms with E-state index in [0.717, 1.165) is 29.5 Å². The number of carbonyl (C=O) groups excluding carboxylic acids is 1. The largest absolute Gasteiger partial charge is 0.496 e. The van der Waals surface area contributed by atoms with E-state index in [1.807, 2.05) is 19.1 Å². The summed E-state index contributed by atoms with van der Waals surface area (Å²) in [5.41, 5.74) is 3.06. The third kappa shape index (κ3) is 4.45. The fraction of sp³-hybridized carbons (Fsp3) is 0.316. The zero-order valence-electron chi connectivity index (χ0n) is 14.4. The molecule has 0 radical (unpaired) electrons. The molecular weight excluding hydrogens is 324 g/mol. The molecule has 2 aromatic rings. The van der Waals surface area contributed by atoms with Crippen LogP contribution in [0, 0.1) is 6.92 Å². The molecule has 0 atom stereocenters. The van der Waals surface area contributed by atoms with Crippen LogP contribution in [0.15, 0.2) is 36.4 Å². The molecule has 0 heterocycles. The first-order chi connectivity index (χ1) is 11.6. The second-order valence-electron chi connectivity index (χ2n) is 5.24. The Morgan fingerprint density at radius 2 is 1.88 bits per heavy atom. The first-order valence-electron chi connectivity index (χ1n) is 7.73. The minimum atomic E-state index is -0.368. The predicted octanol–water partition coefficient (Wildman–Crippen LogP) is 5.01. The highest BCUT2D eigenvalue weighted by Crippen LogP contribution is 2.31. The molecule has 0 aliphatic carbocycles. The van der Waals surface area contributed by atoms with Crippen LogP contribution in [-0.2, 0) is 13.0 Å². The summed E-state index contributed by atoms with van der Waals surface area (Å²) < 4.78 is 16.7. The van der Waals surface area contributed by atoms with Gasteiger partial charge in [0.2, 0.25) is 0 Å². The highest BCUT2D eigenvalue weighted by atomic mass is 32.2. The Balaban J connectivity index is 2.23. The topological polar surface area (TPSA) is 44.8 Å². The number of aryl methyl sites for hydroxylation is 2. The maximum atomic E-state index is 11.6. The monoisotopic (exact) mass is 346 g/mol. The molecule has 0 saturated carbocycles. The van der Waals surface area contributed by atoms with Crippen LogP contribution in [0.25, 0.3) is 0 Å². The Bertz CT molecular complexity index is 713. The van der Waals surface area contributed by atoms with Crippen LogP contribution in [0.3, 0.4) is 0 Å². The van der Waals surface area contributed by atoms with Gasteiger partial charge in [0.1, 0.15) is 23.9 Å². The van der Waals surface area contributed by atoms with E-state index in [2.05, 4.69) is 19.1 Å². The van der Waals surface area contributed by atoms with Crippen molar-refractivity contribution in [1.29, 1.82) is 0 Å². The standard InChI is InChI=1S/C19H22O4S/c1-5-14-9-10-16(13(2)11-14)22-12-15-17(21-3)7-6-8-18(15)23-19(20)24-4/h6-11H,5,12H2,1-4H3. The molecule has 0 aromatic heterocycles. The van der Waals surface area contributed by atoms with Crippen molar-refractivity contribution < 1.29 is 19.0 Å². The van der Waals surface area contributed by atoms with Crippen LogP contribution in [0.4, 0.5) is 4.79 Å². The summed E-state index contributed by atoms with van der Waals surface area (Å²) in [6.45, 7) is 4.40. The molecule has 5 heteroatoms. The number of carbonyl (C=O) groups is 1. The lowest BCUT2D eigenvalue weighted by Gasteiger charge is -2.15. The number of benzene rings is 2. The number of rotatable bonds is 6. The van der Waals surface area contributed by atoms with E-state index < -0.39 is 0 Å². The van der Waals surface area contributed by atoms with Crippen molar-refractivity contribution in [3.63, 3.8) is 0 Å². The van der Waals surface area contributed by atoms with Gasteiger partial charge >= 0.3 is 5.30 Å². The van der Waals surface area contributed by atoms with Gasteiger partial charge in [0.15, 0.2) is 0 Å². The Morgan fingerprint density at radius 3 is 2.50 bits per heavy atom. The van der Waals surface area contributed by atoms with Gasteiger partial charge in [-0.3, -0.25) is 0 Å². The van der Waals surface area contributed by atoms with Gasteiger partial charge in [0.25, 0.3) is 0 Å². The molecule has 128 valence electrons. The quantitative estimate of drug-likeness (QED) is 0.688. The van der Waals surface area contributed by atoms with Gasteiger partial charge in [-0.2, -0.15) is 0 Å². The molecule has 4 nitrogen and oxygen atoms in total. The normalized spacial score (nSPS) is 10.3. The summed E-state index contributed by atoms with van der Waals surface area (Å²) in [6, 6.07) is 11.5. The van der Waals surface area contributed by atoms with E-state index in [1.165, 1.54) is 5.56 Å². The van der Waals surface area contributed by atoms with Crippen LogP contribution in [0.5, 0.6) is 17.2 Å². The van der Waals surface area contributed by atoms with Crippen molar-refractivity contribution in [3.05, 3.63) is 53.1 Å². The molecule has 24 heavy (non-hydrogen) atoms. The Hall–Kier alpha value is -2.14. The van der Waals surface area contributed by atoms with E-state index in [-0.39, 0.29) is 11.9 Å². The molecule has 0 unspecified atom stereocenters. The number of hydrogen-bond acceptors (Lipinski definition) is 5. The first-order valence-corrected chi connectivity index (χ1v) is 8.95. The van der Waals surface area contributed by atoms with Gasteiger partial charge in [-0.05, 0) is 60.7 Å². The number of ether oxygens (including phenoxy) is 3. The number of hydrogen-bond donors (Lipinski definition) is 0. The minimum Gasteiger partial charge on any atom is -0.496 e. The second-order valence-corrected chi connectivity index (χ2v) is 5.98. The minimum absolute atomic E-state index is 0.257. The van der Waals surface area contributed by atoms with Crippen molar-refractivity contribution in [1.82, 2.24) is 0 Å². The van der Waals surface area contributed by atoms with E-state index in [9.17, 15) is 4.79 Å². The number of thioether (sulfide) groups is 1. The molecular formula is C19H22O4S. The Kier molecular flexibility index (Phi) is 6.55. The SMILES string of the molecule is CCc1ccc(OCc2c(OC)cccc2OC(=O)SC)c(C)c1. The van der Waals surface area contributed by atoms with Crippen molar-refractivity contribution in [2.24, 2.45) is 0 Å². The highest BCUT2D eigenvalue weighted by molar-refractivity contribution is 8.12. The van der Waals surface area contributed by atoms with Gasteiger partial charge in [0, 0.05) is 0 Å². The maximum absolute atomic E-state index is 11.6. The average molecular weight is 346 g/mol. The van der Waals surface area contributed by atoms with Crippen molar-refractivity contribution in [3.8, 4) is 17.2 Å². The van der Waals surface area contributed by atoms with Crippen molar-refractivity contribution in [2.75, 3.05) is 13.4 Å². The summed E-state index contributed by atoms with van der Waals surface area (Å²) in [5.74, 6) is 1.89. The summed E-state index contributed by atoms with van der Waals surface area (Å²) in [5, 5.41) is -0.368. The second kappa shape index (κ2) is 8.64. The molecule has 0 fully saturated rings. The summed E-state index contributed by atoms with van der Waals surface area (Å²) >= 11 is 1.02. The molecule has 2 aromatic carbocycles.